The quantitative estimate of drug-likeness (QED) is 0.843. The van der Waals surface area contributed by atoms with Gasteiger partial charge in [0.15, 0.2) is 0 Å². The zero-order valence-electron chi connectivity index (χ0n) is 12.5. The lowest BCUT2D eigenvalue weighted by molar-refractivity contribution is 0.408. The van der Waals surface area contributed by atoms with Crippen molar-refractivity contribution >= 4 is 11.6 Å². The van der Waals surface area contributed by atoms with Crippen LogP contribution in [0.5, 0.6) is 17.2 Å². The summed E-state index contributed by atoms with van der Waals surface area (Å²) < 4.78 is 11.2. The van der Waals surface area contributed by atoms with E-state index in [0.717, 1.165) is 11.3 Å². The fourth-order valence-corrected chi connectivity index (χ4v) is 2.14. The summed E-state index contributed by atoms with van der Waals surface area (Å²) in [6, 6.07) is 13.6. The highest BCUT2D eigenvalue weighted by Gasteiger charge is 2.10. The molecule has 0 fully saturated rings. The summed E-state index contributed by atoms with van der Waals surface area (Å²) in [5.41, 5.74) is 1.03. The third kappa shape index (κ3) is 4.38. The summed E-state index contributed by atoms with van der Waals surface area (Å²) in [6.45, 7) is 4.91. The predicted molar refractivity (Wildman–Crippen MR) is 86.5 cm³/mol. The van der Waals surface area contributed by atoms with E-state index in [4.69, 9.17) is 21.1 Å². The van der Waals surface area contributed by atoms with Crippen LogP contribution in [0.1, 0.15) is 19.4 Å². The third-order valence-electron chi connectivity index (χ3n) is 3.01. The van der Waals surface area contributed by atoms with Gasteiger partial charge in [0.25, 0.3) is 0 Å². The second-order valence-corrected chi connectivity index (χ2v) is 5.45. The highest BCUT2D eigenvalue weighted by Crippen LogP contribution is 2.34. The van der Waals surface area contributed by atoms with Gasteiger partial charge in [-0.1, -0.05) is 43.6 Å². The van der Waals surface area contributed by atoms with Gasteiger partial charge in [0, 0.05) is 24.2 Å². The van der Waals surface area contributed by atoms with Crippen molar-refractivity contribution in [3.8, 4) is 17.2 Å². The smallest absolute Gasteiger partial charge is 0.150 e. The monoisotopic (exact) mass is 305 g/mol. The van der Waals surface area contributed by atoms with Gasteiger partial charge >= 0.3 is 0 Å². The molecular formula is C17H20ClNO2. The number of ether oxygens (including phenoxy) is 2. The number of hydrogen-bond acceptors (Lipinski definition) is 3. The van der Waals surface area contributed by atoms with Gasteiger partial charge < -0.3 is 14.8 Å². The van der Waals surface area contributed by atoms with E-state index in [0.29, 0.717) is 29.1 Å². The van der Waals surface area contributed by atoms with E-state index in [1.54, 1.807) is 7.11 Å². The number of benzene rings is 2. The first-order chi connectivity index (χ1) is 10.1. The molecule has 0 aliphatic carbocycles. The zero-order valence-corrected chi connectivity index (χ0v) is 13.3. The van der Waals surface area contributed by atoms with Crippen molar-refractivity contribution in [2.75, 3.05) is 7.11 Å². The molecule has 0 saturated heterocycles. The van der Waals surface area contributed by atoms with E-state index >= 15 is 0 Å². The lowest BCUT2D eigenvalue weighted by Gasteiger charge is -2.15. The molecule has 0 spiro atoms. The molecule has 2 aromatic rings. The van der Waals surface area contributed by atoms with Gasteiger partial charge in [-0.3, -0.25) is 0 Å². The molecule has 4 heteroatoms. The second-order valence-electron chi connectivity index (χ2n) is 5.04. The molecule has 2 rings (SSSR count). The van der Waals surface area contributed by atoms with Crippen LogP contribution in [0.2, 0.25) is 5.02 Å². The Morgan fingerprint density at radius 3 is 2.52 bits per heavy atom. The van der Waals surface area contributed by atoms with Crippen LogP contribution in [0.4, 0.5) is 0 Å². The standard InChI is InChI=1S/C17H20ClNO2/c1-12(2)19-11-13-6-4-9-16(18)17(13)21-15-8-5-7-14(10-15)20-3/h4-10,12,19H,11H2,1-3H3. The predicted octanol–water partition coefficient (Wildman–Crippen LogP) is 4.64. The summed E-state index contributed by atoms with van der Waals surface area (Å²) in [4.78, 5) is 0. The molecule has 0 aliphatic rings. The molecule has 0 aliphatic heterocycles. The fourth-order valence-electron chi connectivity index (χ4n) is 1.90. The largest absolute Gasteiger partial charge is 0.497 e. The Morgan fingerprint density at radius 2 is 1.81 bits per heavy atom. The number of rotatable bonds is 6. The van der Waals surface area contributed by atoms with E-state index in [1.165, 1.54) is 0 Å². The summed E-state index contributed by atoms with van der Waals surface area (Å²) in [6.07, 6.45) is 0. The first kappa shape index (κ1) is 15.7. The Balaban J connectivity index is 2.25. The van der Waals surface area contributed by atoms with Gasteiger partial charge in [0.05, 0.1) is 12.1 Å². The topological polar surface area (TPSA) is 30.5 Å². The lowest BCUT2D eigenvalue weighted by atomic mass is 10.2. The van der Waals surface area contributed by atoms with Crippen molar-refractivity contribution in [2.24, 2.45) is 0 Å². The number of halogens is 1. The molecule has 112 valence electrons. The van der Waals surface area contributed by atoms with Crippen LogP contribution in [-0.2, 0) is 6.54 Å². The first-order valence-electron chi connectivity index (χ1n) is 6.93. The highest BCUT2D eigenvalue weighted by molar-refractivity contribution is 6.32. The maximum Gasteiger partial charge on any atom is 0.150 e. The van der Waals surface area contributed by atoms with Crippen LogP contribution >= 0.6 is 11.6 Å². The van der Waals surface area contributed by atoms with Crippen LogP contribution in [0.25, 0.3) is 0 Å². The van der Waals surface area contributed by atoms with Gasteiger partial charge in [-0.2, -0.15) is 0 Å². The molecule has 0 saturated carbocycles. The van der Waals surface area contributed by atoms with Gasteiger partial charge in [0.2, 0.25) is 0 Å². The summed E-state index contributed by atoms with van der Waals surface area (Å²) in [5.74, 6) is 2.13. The van der Waals surface area contributed by atoms with E-state index < -0.39 is 0 Å². The van der Waals surface area contributed by atoms with Crippen LogP contribution < -0.4 is 14.8 Å². The van der Waals surface area contributed by atoms with Gasteiger partial charge in [0.1, 0.15) is 17.2 Å². The molecule has 0 radical (unpaired) electrons. The van der Waals surface area contributed by atoms with E-state index in [1.807, 2.05) is 42.5 Å². The highest BCUT2D eigenvalue weighted by atomic mass is 35.5. The number of hydrogen-bond donors (Lipinski definition) is 1. The maximum absolute atomic E-state index is 6.28. The van der Waals surface area contributed by atoms with Crippen molar-refractivity contribution < 1.29 is 9.47 Å². The van der Waals surface area contributed by atoms with Crippen molar-refractivity contribution in [3.63, 3.8) is 0 Å². The second kappa shape index (κ2) is 7.34. The average molecular weight is 306 g/mol. The Hall–Kier alpha value is -1.71. The molecule has 0 heterocycles. The molecule has 21 heavy (non-hydrogen) atoms. The van der Waals surface area contributed by atoms with Crippen LogP contribution in [-0.4, -0.2) is 13.2 Å². The minimum Gasteiger partial charge on any atom is -0.497 e. The van der Waals surface area contributed by atoms with Crippen molar-refractivity contribution in [1.82, 2.24) is 5.32 Å². The Kier molecular flexibility index (Phi) is 5.48. The summed E-state index contributed by atoms with van der Waals surface area (Å²) >= 11 is 6.28. The third-order valence-corrected chi connectivity index (χ3v) is 3.31. The molecule has 0 atom stereocenters. The average Bonchev–Trinajstić information content (AvgIpc) is 2.48. The van der Waals surface area contributed by atoms with Gasteiger partial charge in [-0.05, 0) is 18.2 Å². The fraction of sp³-hybridized carbons (Fsp3) is 0.294. The number of para-hydroxylation sites is 1. The van der Waals surface area contributed by atoms with E-state index in [2.05, 4.69) is 19.2 Å². The SMILES string of the molecule is COc1cccc(Oc2c(Cl)cccc2CNC(C)C)c1. The lowest BCUT2D eigenvalue weighted by Crippen LogP contribution is -2.22. The maximum atomic E-state index is 6.28. The van der Waals surface area contributed by atoms with Crippen molar-refractivity contribution in [1.29, 1.82) is 0 Å². The van der Waals surface area contributed by atoms with Crippen molar-refractivity contribution in [2.45, 2.75) is 26.4 Å². The molecule has 1 N–H and O–H groups in total. The Morgan fingerprint density at radius 1 is 1.10 bits per heavy atom. The van der Waals surface area contributed by atoms with Crippen LogP contribution in [0.15, 0.2) is 42.5 Å². The Bertz CT molecular complexity index is 599. The van der Waals surface area contributed by atoms with Gasteiger partial charge in [-0.25, -0.2) is 0 Å². The van der Waals surface area contributed by atoms with Crippen molar-refractivity contribution in [3.05, 3.63) is 53.1 Å². The molecule has 3 nitrogen and oxygen atoms in total. The first-order valence-corrected chi connectivity index (χ1v) is 7.30. The zero-order chi connectivity index (χ0) is 15.2. The molecule has 0 bridgehead atoms. The van der Waals surface area contributed by atoms with E-state index in [-0.39, 0.29) is 0 Å². The normalized spacial score (nSPS) is 10.7. The van der Waals surface area contributed by atoms with E-state index in [9.17, 15) is 0 Å². The van der Waals surface area contributed by atoms with Gasteiger partial charge in [-0.15, -0.1) is 0 Å². The minimum absolute atomic E-state index is 0.397. The summed E-state index contributed by atoms with van der Waals surface area (Å²) in [5, 5.41) is 3.97. The molecule has 0 amide bonds. The Labute approximate surface area is 130 Å². The molecule has 0 aromatic heterocycles. The molecular weight excluding hydrogens is 286 g/mol. The molecule has 2 aromatic carbocycles. The summed E-state index contributed by atoms with van der Waals surface area (Å²) in [7, 11) is 1.63. The number of methoxy groups -OCH3 is 1. The molecule has 0 unspecified atom stereocenters. The van der Waals surface area contributed by atoms with Crippen LogP contribution in [0.3, 0.4) is 0 Å². The minimum atomic E-state index is 0.397. The van der Waals surface area contributed by atoms with Crippen LogP contribution in [0, 0.1) is 0 Å². The number of nitrogens with one attached hydrogen (secondary N) is 1.